The lowest BCUT2D eigenvalue weighted by atomic mass is 10.2. The first-order valence-corrected chi connectivity index (χ1v) is 9.49. The van der Waals surface area contributed by atoms with Crippen LogP contribution in [0.1, 0.15) is 23.0 Å². The van der Waals surface area contributed by atoms with Crippen molar-refractivity contribution in [3.63, 3.8) is 0 Å². The lowest BCUT2D eigenvalue weighted by Gasteiger charge is -2.18. The zero-order valence-electron chi connectivity index (χ0n) is 14.8. The molecule has 2 heterocycles. The fourth-order valence-electron chi connectivity index (χ4n) is 2.82. The van der Waals surface area contributed by atoms with Crippen LogP contribution in [0.15, 0.2) is 71.3 Å². The molecule has 1 amide bonds. The van der Waals surface area contributed by atoms with Gasteiger partial charge in [-0.15, -0.1) is 0 Å². The molecule has 0 aliphatic rings. The van der Waals surface area contributed by atoms with E-state index in [1.54, 1.807) is 23.3 Å². The number of thiazole rings is 1. The van der Waals surface area contributed by atoms with Crippen LogP contribution in [0, 0.1) is 0 Å². The normalized spacial score (nSPS) is 10.9. The summed E-state index contributed by atoms with van der Waals surface area (Å²) in [6.45, 7) is 2.81. The van der Waals surface area contributed by atoms with Crippen LogP contribution >= 0.6 is 11.3 Å². The van der Waals surface area contributed by atoms with Gasteiger partial charge in [0.15, 0.2) is 5.13 Å². The first-order chi connectivity index (χ1) is 13.3. The van der Waals surface area contributed by atoms with Crippen LogP contribution < -0.4 is 9.64 Å². The van der Waals surface area contributed by atoms with E-state index in [0.717, 1.165) is 16.0 Å². The second-order valence-electron chi connectivity index (χ2n) is 5.87. The van der Waals surface area contributed by atoms with Crippen molar-refractivity contribution in [1.82, 2.24) is 4.98 Å². The minimum atomic E-state index is -0.121. The number of carbonyl (C=O) groups is 1. The van der Waals surface area contributed by atoms with E-state index in [2.05, 4.69) is 0 Å². The van der Waals surface area contributed by atoms with Gasteiger partial charge in [-0.2, -0.15) is 0 Å². The van der Waals surface area contributed by atoms with Gasteiger partial charge in [-0.3, -0.25) is 9.69 Å². The molecule has 0 aliphatic carbocycles. The summed E-state index contributed by atoms with van der Waals surface area (Å²) in [5, 5.41) is 0.613. The molecule has 0 unspecified atom stereocenters. The summed E-state index contributed by atoms with van der Waals surface area (Å²) in [5.74, 6) is 1.30. The summed E-state index contributed by atoms with van der Waals surface area (Å²) in [6, 6.07) is 18.7. The van der Waals surface area contributed by atoms with Crippen molar-refractivity contribution in [3.8, 4) is 5.75 Å². The molecule has 0 N–H and O–H groups in total. The molecule has 0 radical (unpaired) electrons. The number of furan rings is 1. The summed E-state index contributed by atoms with van der Waals surface area (Å²) < 4.78 is 12.1. The Hall–Kier alpha value is -3.12. The third-order valence-electron chi connectivity index (χ3n) is 4.06. The van der Waals surface area contributed by atoms with Crippen LogP contribution in [-0.2, 0) is 6.54 Å². The number of ether oxygens (including phenoxy) is 1. The maximum atomic E-state index is 13.2. The number of nitrogens with zero attached hydrogens (tertiary/aromatic N) is 2. The van der Waals surface area contributed by atoms with Gasteiger partial charge in [-0.05, 0) is 43.3 Å². The molecule has 0 atom stereocenters. The average Bonchev–Trinajstić information content (AvgIpc) is 3.36. The minimum Gasteiger partial charge on any atom is -0.492 e. The Bertz CT molecular complexity index is 1040. The maximum Gasteiger partial charge on any atom is 0.260 e. The van der Waals surface area contributed by atoms with Crippen molar-refractivity contribution in [1.29, 1.82) is 0 Å². The van der Waals surface area contributed by atoms with Crippen LogP contribution in [0.25, 0.3) is 10.2 Å². The van der Waals surface area contributed by atoms with Gasteiger partial charge in [-0.1, -0.05) is 35.6 Å². The lowest BCUT2D eigenvalue weighted by molar-refractivity contribution is 0.0983. The second-order valence-corrected chi connectivity index (χ2v) is 6.88. The molecule has 136 valence electrons. The Kier molecular flexibility index (Phi) is 4.89. The molecule has 2 aromatic carbocycles. The van der Waals surface area contributed by atoms with Gasteiger partial charge < -0.3 is 9.15 Å². The number of amides is 1. The van der Waals surface area contributed by atoms with Crippen molar-refractivity contribution in [2.24, 2.45) is 0 Å². The zero-order chi connectivity index (χ0) is 18.6. The monoisotopic (exact) mass is 378 g/mol. The van der Waals surface area contributed by atoms with Crippen LogP contribution in [-0.4, -0.2) is 17.5 Å². The van der Waals surface area contributed by atoms with Gasteiger partial charge in [0.25, 0.3) is 5.91 Å². The van der Waals surface area contributed by atoms with E-state index >= 15 is 0 Å². The van der Waals surface area contributed by atoms with Crippen LogP contribution in [0.4, 0.5) is 5.13 Å². The van der Waals surface area contributed by atoms with E-state index in [4.69, 9.17) is 14.1 Å². The van der Waals surface area contributed by atoms with Gasteiger partial charge in [0.1, 0.15) is 17.0 Å². The summed E-state index contributed by atoms with van der Waals surface area (Å²) in [7, 11) is 0. The fraction of sp³-hybridized carbons (Fsp3) is 0.143. The first kappa shape index (κ1) is 17.3. The van der Waals surface area contributed by atoms with Gasteiger partial charge in [-0.25, -0.2) is 4.98 Å². The quantitative estimate of drug-likeness (QED) is 0.466. The number of aromatic nitrogens is 1. The highest BCUT2D eigenvalue weighted by Gasteiger charge is 2.23. The highest BCUT2D eigenvalue weighted by Crippen LogP contribution is 2.35. The van der Waals surface area contributed by atoms with Crippen molar-refractivity contribution in [3.05, 3.63) is 78.3 Å². The summed E-state index contributed by atoms with van der Waals surface area (Å²) in [4.78, 5) is 19.5. The number of carbonyl (C=O) groups excluding carboxylic acids is 1. The number of hydrogen-bond acceptors (Lipinski definition) is 5. The molecular formula is C21H18N2O3S. The maximum absolute atomic E-state index is 13.2. The van der Waals surface area contributed by atoms with Crippen molar-refractivity contribution in [2.75, 3.05) is 11.5 Å². The number of fused-ring (bicyclic) bond motifs is 1. The smallest absolute Gasteiger partial charge is 0.260 e. The van der Waals surface area contributed by atoms with Crippen LogP contribution in [0.3, 0.4) is 0 Å². The standard InChI is InChI=1S/C21H18N2O3S/c1-2-25-17-11-6-12-18-19(17)22-21(27-18)23(14-16-10-7-13-26-16)20(24)15-8-4-3-5-9-15/h3-13H,2,14H2,1H3. The first-order valence-electron chi connectivity index (χ1n) is 8.68. The Balaban J connectivity index is 1.77. The van der Waals surface area contributed by atoms with Crippen LogP contribution in [0.2, 0.25) is 0 Å². The molecule has 5 nitrogen and oxygen atoms in total. The molecule has 0 aliphatic heterocycles. The molecule has 0 saturated carbocycles. The van der Waals surface area contributed by atoms with Gasteiger partial charge in [0.2, 0.25) is 0 Å². The molecule has 0 saturated heterocycles. The van der Waals surface area contributed by atoms with E-state index in [1.165, 1.54) is 11.3 Å². The molecule has 0 bridgehead atoms. The largest absolute Gasteiger partial charge is 0.492 e. The van der Waals surface area contributed by atoms with E-state index in [1.807, 2.05) is 55.5 Å². The van der Waals surface area contributed by atoms with Gasteiger partial charge in [0, 0.05) is 5.56 Å². The fourth-order valence-corrected chi connectivity index (χ4v) is 3.80. The molecular weight excluding hydrogens is 360 g/mol. The van der Waals surface area contributed by atoms with Gasteiger partial charge >= 0.3 is 0 Å². The Morgan fingerprint density at radius 2 is 1.96 bits per heavy atom. The summed E-state index contributed by atoms with van der Waals surface area (Å²) in [5.41, 5.74) is 1.37. The van der Waals surface area contributed by atoms with E-state index in [-0.39, 0.29) is 5.91 Å². The highest BCUT2D eigenvalue weighted by molar-refractivity contribution is 7.22. The molecule has 0 spiro atoms. The molecule has 4 rings (SSSR count). The van der Waals surface area contributed by atoms with Crippen molar-refractivity contribution < 1.29 is 13.9 Å². The molecule has 27 heavy (non-hydrogen) atoms. The SMILES string of the molecule is CCOc1cccc2sc(N(Cc3ccco3)C(=O)c3ccccc3)nc12. The molecule has 4 aromatic rings. The number of para-hydroxylation sites is 1. The van der Waals surface area contributed by atoms with E-state index < -0.39 is 0 Å². The van der Waals surface area contributed by atoms with Crippen LogP contribution in [0.5, 0.6) is 5.75 Å². The average molecular weight is 378 g/mol. The number of benzene rings is 2. The number of anilines is 1. The molecule has 6 heteroatoms. The predicted octanol–water partition coefficient (Wildman–Crippen LogP) is 5.14. The molecule has 0 fully saturated rings. The summed E-state index contributed by atoms with van der Waals surface area (Å²) in [6.07, 6.45) is 1.60. The Morgan fingerprint density at radius 1 is 1.11 bits per heavy atom. The van der Waals surface area contributed by atoms with E-state index in [9.17, 15) is 4.79 Å². The summed E-state index contributed by atoms with van der Waals surface area (Å²) >= 11 is 1.46. The predicted molar refractivity (Wildman–Crippen MR) is 106 cm³/mol. The Morgan fingerprint density at radius 3 is 2.70 bits per heavy atom. The number of hydrogen-bond donors (Lipinski definition) is 0. The highest BCUT2D eigenvalue weighted by atomic mass is 32.1. The van der Waals surface area contributed by atoms with Crippen molar-refractivity contribution in [2.45, 2.75) is 13.5 Å². The Labute approximate surface area is 160 Å². The number of rotatable bonds is 6. The zero-order valence-corrected chi connectivity index (χ0v) is 15.6. The minimum absolute atomic E-state index is 0.121. The van der Waals surface area contributed by atoms with Gasteiger partial charge in [0.05, 0.1) is 24.1 Å². The topological polar surface area (TPSA) is 55.6 Å². The van der Waals surface area contributed by atoms with Crippen molar-refractivity contribution >= 4 is 32.6 Å². The lowest BCUT2D eigenvalue weighted by Crippen LogP contribution is -2.30. The van der Waals surface area contributed by atoms with E-state index in [0.29, 0.717) is 29.6 Å². The third-order valence-corrected chi connectivity index (χ3v) is 5.10. The second kappa shape index (κ2) is 7.63. The third kappa shape index (κ3) is 3.57. The molecule has 2 aromatic heterocycles.